The number of halogens is 1. The van der Waals surface area contributed by atoms with E-state index in [-0.39, 0.29) is 22.3 Å². The molecule has 0 bridgehead atoms. The minimum atomic E-state index is -0.596. The lowest BCUT2D eigenvalue weighted by Gasteiger charge is -2.02. The topological polar surface area (TPSA) is 81.8 Å². The van der Waals surface area contributed by atoms with E-state index in [4.69, 9.17) is 16.3 Å². The third-order valence-electron chi connectivity index (χ3n) is 3.36. The van der Waals surface area contributed by atoms with E-state index >= 15 is 0 Å². The Balaban J connectivity index is 1.96. The standard InChI is InChI=1S/C17H11ClN2O4/c1-10-3-2-4-11(7-10)8-15-17(21)24-16(19-15)13-6-5-12(20(22)23)9-14(13)18/h2-9H,1H3/b15-8-. The van der Waals surface area contributed by atoms with Crippen LogP contribution in [0.15, 0.2) is 53.2 Å². The summed E-state index contributed by atoms with van der Waals surface area (Å²) in [4.78, 5) is 26.3. The molecule has 0 aliphatic carbocycles. The molecule has 6 nitrogen and oxygen atoms in total. The molecular weight excluding hydrogens is 332 g/mol. The van der Waals surface area contributed by atoms with Gasteiger partial charge < -0.3 is 4.74 Å². The molecule has 0 atom stereocenters. The molecule has 0 saturated carbocycles. The maximum atomic E-state index is 12.0. The molecule has 3 rings (SSSR count). The number of benzene rings is 2. The van der Waals surface area contributed by atoms with E-state index in [9.17, 15) is 14.9 Å². The number of rotatable bonds is 3. The molecule has 24 heavy (non-hydrogen) atoms. The number of nitro benzene ring substituents is 1. The third-order valence-corrected chi connectivity index (χ3v) is 3.67. The number of aryl methyl sites for hydroxylation is 1. The molecule has 2 aromatic rings. The molecule has 120 valence electrons. The van der Waals surface area contributed by atoms with Crippen molar-refractivity contribution < 1.29 is 14.5 Å². The van der Waals surface area contributed by atoms with Gasteiger partial charge in [-0.2, -0.15) is 0 Å². The van der Waals surface area contributed by atoms with Crippen molar-refractivity contribution >= 4 is 35.2 Å². The van der Waals surface area contributed by atoms with Crippen molar-refractivity contribution in [3.63, 3.8) is 0 Å². The lowest BCUT2D eigenvalue weighted by Crippen LogP contribution is -2.06. The Morgan fingerprint density at radius 1 is 1.25 bits per heavy atom. The SMILES string of the molecule is Cc1cccc(/C=C2\N=C(c3ccc([N+](=O)[O-])cc3Cl)OC2=O)c1. The average molecular weight is 343 g/mol. The molecular formula is C17H11ClN2O4. The molecule has 7 heteroatoms. The zero-order valence-corrected chi connectivity index (χ0v) is 13.3. The largest absolute Gasteiger partial charge is 0.402 e. The first-order valence-corrected chi connectivity index (χ1v) is 7.35. The summed E-state index contributed by atoms with van der Waals surface area (Å²) >= 11 is 6.03. The zero-order chi connectivity index (χ0) is 17.3. The number of hydrogen-bond acceptors (Lipinski definition) is 5. The molecule has 0 radical (unpaired) electrons. The van der Waals surface area contributed by atoms with E-state index < -0.39 is 10.9 Å². The molecule has 1 heterocycles. The smallest absolute Gasteiger partial charge is 0.363 e. The second kappa shape index (κ2) is 6.25. The summed E-state index contributed by atoms with van der Waals surface area (Å²) in [6, 6.07) is 11.4. The summed E-state index contributed by atoms with van der Waals surface area (Å²) in [5.41, 5.74) is 2.19. The van der Waals surface area contributed by atoms with Crippen molar-refractivity contribution in [1.29, 1.82) is 0 Å². The quantitative estimate of drug-likeness (QED) is 0.366. The monoisotopic (exact) mass is 342 g/mol. The molecule has 1 aliphatic heterocycles. The normalized spacial score (nSPS) is 15.3. The number of ether oxygens (including phenoxy) is 1. The number of cyclic esters (lactones) is 1. The van der Waals surface area contributed by atoms with Crippen molar-refractivity contribution in [3.8, 4) is 0 Å². The lowest BCUT2D eigenvalue weighted by molar-refractivity contribution is -0.384. The Morgan fingerprint density at radius 2 is 2.04 bits per heavy atom. The fraction of sp³-hybridized carbons (Fsp3) is 0.0588. The van der Waals surface area contributed by atoms with Crippen LogP contribution in [0.5, 0.6) is 0 Å². The predicted octanol–water partition coefficient (Wildman–Crippen LogP) is 3.90. The van der Waals surface area contributed by atoms with Gasteiger partial charge in [-0.1, -0.05) is 41.4 Å². The minimum Gasteiger partial charge on any atom is -0.402 e. The van der Waals surface area contributed by atoms with Gasteiger partial charge in [-0.3, -0.25) is 10.1 Å². The van der Waals surface area contributed by atoms with Crippen LogP contribution in [0.4, 0.5) is 5.69 Å². The number of nitrogens with zero attached hydrogens (tertiary/aromatic N) is 2. The Morgan fingerprint density at radius 3 is 2.71 bits per heavy atom. The van der Waals surface area contributed by atoms with Crippen molar-refractivity contribution in [2.24, 2.45) is 4.99 Å². The van der Waals surface area contributed by atoms with Crippen molar-refractivity contribution in [2.75, 3.05) is 0 Å². The number of nitro groups is 1. The fourth-order valence-electron chi connectivity index (χ4n) is 2.23. The Labute approximate surface area is 142 Å². The average Bonchev–Trinajstić information content (AvgIpc) is 2.87. The highest BCUT2D eigenvalue weighted by Gasteiger charge is 2.26. The Hall–Kier alpha value is -2.99. The van der Waals surface area contributed by atoms with Gasteiger partial charge in [0, 0.05) is 12.1 Å². The van der Waals surface area contributed by atoms with Crippen LogP contribution >= 0.6 is 11.6 Å². The van der Waals surface area contributed by atoms with Crippen LogP contribution in [0.3, 0.4) is 0 Å². The molecule has 0 N–H and O–H groups in total. The molecule has 0 aromatic heterocycles. The summed E-state index contributed by atoms with van der Waals surface area (Å²) in [5.74, 6) is -0.570. The van der Waals surface area contributed by atoms with E-state index in [2.05, 4.69) is 4.99 Å². The Bertz CT molecular complexity index is 919. The third kappa shape index (κ3) is 3.18. The van der Waals surface area contributed by atoms with Crippen LogP contribution < -0.4 is 0 Å². The van der Waals surface area contributed by atoms with E-state index in [1.807, 2.05) is 31.2 Å². The second-order valence-corrected chi connectivity index (χ2v) is 5.58. The summed E-state index contributed by atoms with van der Waals surface area (Å²) in [5, 5.41) is 10.8. The maximum absolute atomic E-state index is 12.0. The van der Waals surface area contributed by atoms with Crippen LogP contribution in [-0.4, -0.2) is 16.8 Å². The Kier molecular flexibility index (Phi) is 4.14. The maximum Gasteiger partial charge on any atom is 0.363 e. The molecule has 2 aromatic carbocycles. The van der Waals surface area contributed by atoms with Gasteiger partial charge in [0.1, 0.15) is 0 Å². The first-order valence-electron chi connectivity index (χ1n) is 6.97. The molecule has 1 aliphatic rings. The van der Waals surface area contributed by atoms with Crippen LogP contribution in [-0.2, 0) is 9.53 Å². The summed E-state index contributed by atoms with van der Waals surface area (Å²) in [6.45, 7) is 1.94. The first-order chi connectivity index (χ1) is 11.4. The van der Waals surface area contributed by atoms with Crippen LogP contribution in [0, 0.1) is 17.0 Å². The predicted molar refractivity (Wildman–Crippen MR) is 89.9 cm³/mol. The van der Waals surface area contributed by atoms with Gasteiger partial charge in [0.15, 0.2) is 5.70 Å². The van der Waals surface area contributed by atoms with Gasteiger partial charge in [-0.05, 0) is 24.6 Å². The highest BCUT2D eigenvalue weighted by atomic mass is 35.5. The van der Waals surface area contributed by atoms with Gasteiger partial charge in [-0.15, -0.1) is 0 Å². The van der Waals surface area contributed by atoms with Gasteiger partial charge in [0.25, 0.3) is 5.69 Å². The molecule has 0 saturated heterocycles. The van der Waals surface area contributed by atoms with E-state index in [0.29, 0.717) is 5.56 Å². The van der Waals surface area contributed by atoms with Crippen LogP contribution in [0.2, 0.25) is 5.02 Å². The number of carbonyl (C=O) groups is 1. The first kappa shape index (κ1) is 15.9. The van der Waals surface area contributed by atoms with Crippen molar-refractivity contribution in [2.45, 2.75) is 6.92 Å². The number of esters is 1. The number of aliphatic imine (C=N–C) groups is 1. The molecule has 0 amide bonds. The van der Waals surface area contributed by atoms with Crippen molar-refractivity contribution in [3.05, 3.63) is 80.0 Å². The number of non-ortho nitro benzene ring substituents is 1. The number of carbonyl (C=O) groups excluding carboxylic acids is 1. The molecule has 0 spiro atoms. The van der Waals surface area contributed by atoms with Gasteiger partial charge >= 0.3 is 5.97 Å². The number of hydrogen-bond donors (Lipinski definition) is 0. The lowest BCUT2D eigenvalue weighted by atomic mass is 10.1. The summed E-state index contributed by atoms with van der Waals surface area (Å²) < 4.78 is 5.13. The zero-order valence-electron chi connectivity index (χ0n) is 12.5. The second-order valence-electron chi connectivity index (χ2n) is 5.17. The van der Waals surface area contributed by atoms with Gasteiger partial charge in [0.2, 0.25) is 5.90 Å². The fourth-order valence-corrected chi connectivity index (χ4v) is 2.49. The highest BCUT2D eigenvalue weighted by molar-refractivity contribution is 6.34. The minimum absolute atomic E-state index is 0.0267. The van der Waals surface area contributed by atoms with E-state index in [1.54, 1.807) is 6.08 Å². The molecule has 0 unspecified atom stereocenters. The van der Waals surface area contributed by atoms with Gasteiger partial charge in [0.05, 0.1) is 15.5 Å². The summed E-state index contributed by atoms with van der Waals surface area (Å²) in [6.07, 6.45) is 1.61. The molecule has 0 fully saturated rings. The highest BCUT2D eigenvalue weighted by Crippen LogP contribution is 2.27. The van der Waals surface area contributed by atoms with Crippen molar-refractivity contribution in [1.82, 2.24) is 0 Å². The van der Waals surface area contributed by atoms with Crippen LogP contribution in [0.1, 0.15) is 16.7 Å². The van der Waals surface area contributed by atoms with Crippen LogP contribution in [0.25, 0.3) is 6.08 Å². The van der Waals surface area contributed by atoms with E-state index in [1.165, 1.54) is 18.2 Å². The summed E-state index contributed by atoms with van der Waals surface area (Å²) in [7, 11) is 0. The van der Waals surface area contributed by atoms with Gasteiger partial charge in [-0.25, -0.2) is 9.79 Å². The van der Waals surface area contributed by atoms with E-state index in [0.717, 1.165) is 11.1 Å².